The van der Waals surface area contributed by atoms with Gasteiger partial charge < -0.3 is 15.8 Å². The van der Waals surface area contributed by atoms with Gasteiger partial charge in [-0.15, -0.1) is 0 Å². The Morgan fingerprint density at radius 3 is 2.82 bits per heavy atom. The third-order valence-corrected chi connectivity index (χ3v) is 1.74. The molecule has 0 aliphatic rings. The topological polar surface area (TPSA) is 82.0 Å². The van der Waals surface area contributed by atoms with E-state index in [-0.39, 0.29) is 5.82 Å². The number of aromatic nitrogens is 1. The lowest BCUT2D eigenvalue weighted by atomic mass is 10.4. The second kappa shape index (κ2) is 2.83. The molecule has 1 heterocycles. The summed E-state index contributed by atoms with van der Waals surface area (Å²) in [5.41, 5.74) is 5.74. The van der Waals surface area contributed by atoms with Gasteiger partial charge in [0.25, 0.3) is 0 Å². The maximum atomic E-state index is 10.1. The normalized spacial score (nSPS) is 9.55. The van der Waals surface area contributed by atoms with Crippen LogP contribution in [0, 0.1) is 10.1 Å². The highest BCUT2D eigenvalue weighted by Crippen LogP contribution is 2.21. The lowest BCUT2D eigenvalue weighted by Gasteiger charge is -1.94. The molecule has 0 unspecified atom stereocenters. The van der Waals surface area contributed by atoms with E-state index in [0.717, 1.165) is 0 Å². The Balaban J connectivity index is 3.15. The first-order chi connectivity index (χ1) is 5.11. The van der Waals surface area contributed by atoms with E-state index in [2.05, 4.69) is 20.9 Å². The molecule has 0 atom stereocenters. The summed E-state index contributed by atoms with van der Waals surface area (Å²) in [6.45, 7) is 0. The van der Waals surface area contributed by atoms with E-state index >= 15 is 0 Å². The molecule has 1 rings (SSSR count). The highest BCUT2D eigenvalue weighted by molar-refractivity contribution is 9.10. The molecule has 58 valence electrons. The average molecular weight is 218 g/mol. The number of nitrogen functional groups attached to an aromatic ring is 1. The maximum absolute atomic E-state index is 10.1. The summed E-state index contributed by atoms with van der Waals surface area (Å²) in [4.78, 5) is 13.1. The summed E-state index contributed by atoms with van der Waals surface area (Å²) < 4.78 is 0.485. The molecule has 5 nitrogen and oxygen atoms in total. The molecule has 0 radical (unpaired) electrons. The first-order valence-corrected chi connectivity index (χ1v) is 3.46. The van der Waals surface area contributed by atoms with Crippen LogP contribution in [0.3, 0.4) is 0 Å². The smallest absolute Gasteiger partial charge is 0.364 e. The quantitative estimate of drug-likeness (QED) is 0.569. The van der Waals surface area contributed by atoms with Gasteiger partial charge in [0.1, 0.15) is 0 Å². The summed E-state index contributed by atoms with van der Waals surface area (Å²) in [6.07, 6.45) is 1.24. The Kier molecular flexibility index (Phi) is 2.04. The van der Waals surface area contributed by atoms with Gasteiger partial charge in [-0.2, -0.15) is 0 Å². The third-order valence-electron chi connectivity index (χ3n) is 1.05. The Labute approximate surface area is 70.5 Å². The van der Waals surface area contributed by atoms with E-state index in [0.29, 0.717) is 10.2 Å². The van der Waals surface area contributed by atoms with Gasteiger partial charge in [-0.3, -0.25) is 0 Å². The van der Waals surface area contributed by atoms with Gasteiger partial charge in [0.2, 0.25) is 0 Å². The van der Waals surface area contributed by atoms with Crippen molar-refractivity contribution < 1.29 is 4.92 Å². The molecule has 0 bridgehead atoms. The molecule has 0 spiro atoms. The summed E-state index contributed by atoms with van der Waals surface area (Å²) in [7, 11) is 0. The van der Waals surface area contributed by atoms with Crippen molar-refractivity contribution in [1.82, 2.24) is 4.98 Å². The second-order valence-electron chi connectivity index (χ2n) is 1.82. The SMILES string of the molecule is Nc1cnc([N+](=O)[O-])cc1Br. The minimum absolute atomic E-state index is 0.217. The molecule has 0 amide bonds. The monoisotopic (exact) mass is 217 g/mol. The Bertz CT molecular complexity index is 302. The zero-order valence-electron chi connectivity index (χ0n) is 5.32. The van der Waals surface area contributed by atoms with Crippen molar-refractivity contribution in [3.8, 4) is 0 Å². The van der Waals surface area contributed by atoms with Gasteiger partial charge >= 0.3 is 5.82 Å². The van der Waals surface area contributed by atoms with Crippen molar-refractivity contribution >= 4 is 27.4 Å². The molecule has 0 fully saturated rings. The lowest BCUT2D eigenvalue weighted by molar-refractivity contribution is -0.389. The van der Waals surface area contributed by atoms with Crippen LogP contribution in [-0.2, 0) is 0 Å². The van der Waals surface area contributed by atoms with Crippen molar-refractivity contribution in [2.75, 3.05) is 5.73 Å². The van der Waals surface area contributed by atoms with Crippen LogP contribution >= 0.6 is 15.9 Å². The first-order valence-electron chi connectivity index (χ1n) is 2.66. The Morgan fingerprint density at radius 1 is 1.73 bits per heavy atom. The van der Waals surface area contributed by atoms with E-state index < -0.39 is 4.92 Å². The third kappa shape index (κ3) is 1.64. The molecule has 1 aromatic heterocycles. The van der Waals surface area contributed by atoms with Crippen molar-refractivity contribution in [3.05, 3.63) is 26.9 Å². The van der Waals surface area contributed by atoms with E-state index in [4.69, 9.17) is 5.73 Å². The zero-order chi connectivity index (χ0) is 8.43. The van der Waals surface area contributed by atoms with Crippen molar-refractivity contribution in [2.45, 2.75) is 0 Å². The Hall–Kier alpha value is -1.17. The molecule has 0 aliphatic heterocycles. The van der Waals surface area contributed by atoms with Crippen LogP contribution < -0.4 is 5.73 Å². The van der Waals surface area contributed by atoms with Crippen molar-refractivity contribution in [3.63, 3.8) is 0 Å². The fourth-order valence-corrected chi connectivity index (χ4v) is 0.838. The van der Waals surface area contributed by atoms with Gasteiger partial charge in [-0.1, -0.05) is 0 Å². The van der Waals surface area contributed by atoms with E-state index in [1.165, 1.54) is 12.3 Å². The van der Waals surface area contributed by atoms with Crippen LogP contribution in [0.5, 0.6) is 0 Å². The highest BCUT2D eigenvalue weighted by Gasteiger charge is 2.08. The van der Waals surface area contributed by atoms with Gasteiger partial charge in [0.15, 0.2) is 6.20 Å². The number of nitrogens with two attached hydrogens (primary N) is 1. The van der Waals surface area contributed by atoms with Crippen molar-refractivity contribution in [2.24, 2.45) is 0 Å². The van der Waals surface area contributed by atoms with Crippen LogP contribution in [0.2, 0.25) is 0 Å². The average Bonchev–Trinajstić information content (AvgIpc) is 1.94. The van der Waals surface area contributed by atoms with Crippen LogP contribution in [0.4, 0.5) is 11.5 Å². The molecule has 2 N–H and O–H groups in total. The molecule has 0 aliphatic carbocycles. The number of nitro groups is 1. The van der Waals surface area contributed by atoms with Crippen LogP contribution in [0.25, 0.3) is 0 Å². The molecule has 0 aromatic carbocycles. The lowest BCUT2D eigenvalue weighted by Crippen LogP contribution is -1.94. The fraction of sp³-hybridized carbons (Fsp3) is 0. The molecule has 11 heavy (non-hydrogen) atoms. The number of nitrogens with zero attached hydrogens (tertiary/aromatic N) is 2. The molecule has 1 aromatic rings. The predicted octanol–water partition coefficient (Wildman–Crippen LogP) is 1.33. The summed E-state index contributed by atoms with van der Waals surface area (Å²) in [6, 6.07) is 1.26. The van der Waals surface area contributed by atoms with Gasteiger partial charge in [-0.05, 0) is 25.8 Å². The van der Waals surface area contributed by atoms with E-state index in [1.807, 2.05) is 0 Å². The fourth-order valence-electron chi connectivity index (χ4n) is 0.531. The van der Waals surface area contributed by atoms with Crippen LogP contribution in [0.15, 0.2) is 16.7 Å². The van der Waals surface area contributed by atoms with Gasteiger partial charge in [0, 0.05) is 0 Å². The summed E-state index contributed by atoms with van der Waals surface area (Å²) in [5.74, 6) is -0.217. The zero-order valence-corrected chi connectivity index (χ0v) is 6.91. The number of rotatable bonds is 1. The molecular weight excluding hydrogens is 214 g/mol. The number of pyridine rings is 1. The molecular formula is C5H4BrN3O2. The van der Waals surface area contributed by atoms with E-state index in [1.54, 1.807) is 0 Å². The van der Waals surface area contributed by atoms with Gasteiger partial charge in [-0.25, -0.2) is 0 Å². The number of anilines is 1. The Morgan fingerprint density at radius 2 is 2.36 bits per heavy atom. The minimum Gasteiger partial charge on any atom is -0.395 e. The number of halogens is 1. The largest absolute Gasteiger partial charge is 0.395 e. The summed E-state index contributed by atoms with van der Waals surface area (Å²) >= 11 is 3.04. The maximum Gasteiger partial charge on any atom is 0.364 e. The van der Waals surface area contributed by atoms with Gasteiger partial charge in [0.05, 0.1) is 16.2 Å². The molecule has 0 saturated heterocycles. The van der Waals surface area contributed by atoms with Crippen LogP contribution in [-0.4, -0.2) is 9.91 Å². The summed E-state index contributed by atoms with van der Waals surface area (Å²) in [5, 5.41) is 10.1. The van der Waals surface area contributed by atoms with E-state index in [9.17, 15) is 10.1 Å². The molecule has 0 saturated carbocycles. The molecule has 6 heteroatoms. The van der Waals surface area contributed by atoms with Crippen LogP contribution in [0.1, 0.15) is 0 Å². The number of hydrogen-bond donors (Lipinski definition) is 1. The first kappa shape index (κ1) is 7.93. The predicted molar refractivity (Wildman–Crippen MR) is 43.0 cm³/mol. The van der Waals surface area contributed by atoms with Crippen molar-refractivity contribution in [1.29, 1.82) is 0 Å². The second-order valence-corrected chi connectivity index (χ2v) is 2.68. The minimum atomic E-state index is -0.579. The highest BCUT2D eigenvalue weighted by atomic mass is 79.9. The number of hydrogen-bond acceptors (Lipinski definition) is 4. The standard InChI is InChI=1S/C5H4BrN3O2/c6-3-1-5(9(10)11)8-2-4(3)7/h1-2H,7H2.